The molecule has 1 aromatic heterocycles. The van der Waals surface area contributed by atoms with Crippen LogP contribution in [0.25, 0.3) is 5.69 Å². The number of benzene rings is 3. The molecule has 0 aliphatic rings. The van der Waals surface area contributed by atoms with Gasteiger partial charge in [0.15, 0.2) is 11.0 Å². The largest absolute Gasteiger partial charge is 0.416 e. The van der Waals surface area contributed by atoms with E-state index < -0.39 is 23.7 Å². The van der Waals surface area contributed by atoms with E-state index in [4.69, 9.17) is 23.2 Å². The number of amides is 1. The molecule has 3 aromatic carbocycles. The molecular formula is C26H21Cl2F3N4OS. The van der Waals surface area contributed by atoms with E-state index in [9.17, 15) is 18.0 Å². The first-order valence-corrected chi connectivity index (χ1v) is 12.8. The maximum absolute atomic E-state index is 13.1. The van der Waals surface area contributed by atoms with Crippen molar-refractivity contribution in [3.05, 3.63) is 105 Å². The van der Waals surface area contributed by atoms with Gasteiger partial charge in [-0.3, -0.25) is 9.36 Å². The minimum Gasteiger partial charge on any atom is -0.342 e. The second-order valence-corrected chi connectivity index (χ2v) is 10.1. The monoisotopic (exact) mass is 564 g/mol. The van der Waals surface area contributed by atoms with Gasteiger partial charge in [-0.05, 0) is 55.8 Å². The van der Waals surface area contributed by atoms with Crippen LogP contribution in [0, 0.1) is 6.92 Å². The van der Waals surface area contributed by atoms with Gasteiger partial charge in [-0.2, -0.15) is 13.2 Å². The topological polar surface area (TPSA) is 59.8 Å². The summed E-state index contributed by atoms with van der Waals surface area (Å²) in [5.41, 5.74) is 1.75. The number of hydrogen-bond donors (Lipinski definition) is 1. The molecule has 1 heterocycles. The van der Waals surface area contributed by atoms with Crippen LogP contribution in [-0.2, 0) is 11.9 Å². The number of thioether (sulfide) groups is 1. The van der Waals surface area contributed by atoms with Crippen LogP contribution in [0.4, 0.5) is 13.2 Å². The van der Waals surface area contributed by atoms with Crippen LogP contribution in [0.1, 0.15) is 45.8 Å². The number of hydrogen-bond acceptors (Lipinski definition) is 4. The third-order valence-electron chi connectivity index (χ3n) is 5.45. The Balaban J connectivity index is 1.65. The fourth-order valence-corrected chi connectivity index (χ4v) is 5.06. The van der Waals surface area contributed by atoms with Gasteiger partial charge in [0.1, 0.15) is 0 Å². The lowest BCUT2D eigenvalue weighted by Gasteiger charge is -2.18. The zero-order chi connectivity index (χ0) is 26.7. The summed E-state index contributed by atoms with van der Waals surface area (Å²) in [5, 5.41) is 12.7. The molecule has 0 spiro atoms. The van der Waals surface area contributed by atoms with Gasteiger partial charge < -0.3 is 5.32 Å². The highest BCUT2D eigenvalue weighted by molar-refractivity contribution is 7.98. The summed E-state index contributed by atoms with van der Waals surface area (Å²) < 4.78 is 41.0. The molecule has 4 aromatic rings. The van der Waals surface area contributed by atoms with Crippen molar-refractivity contribution >= 4 is 40.9 Å². The Morgan fingerprint density at radius 1 is 1.05 bits per heavy atom. The smallest absolute Gasteiger partial charge is 0.342 e. The molecular weight excluding hydrogens is 544 g/mol. The lowest BCUT2D eigenvalue weighted by Crippen LogP contribution is -2.29. The van der Waals surface area contributed by atoms with E-state index in [-0.39, 0.29) is 5.56 Å². The molecule has 1 amide bonds. The third-order valence-corrected chi connectivity index (χ3v) is 6.98. The molecule has 0 aliphatic heterocycles. The first kappa shape index (κ1) is 27.0. The van der Waals surface area contributed by atoms with Crippen LogP contribution in [0.5, 0.6) is 0 Å². The Hall–Kier alpha value is -3.01. The van der Waals surface area contributed by atoms with Crippen molar-refractivity contribution in [3.63, 3.8) is 0 Å². The van der Waals surface area contributed by atoms with E-state index in [0.29, 0.717) is 32.5 Å². The van der Waals surface area contributed by atoms with Crippen LogP contribution in [0.15, 0.2) is 71.9 Å². The number of alkyl halides is 3. The average Bonchev–Trinajstić information content (AvgIpc) is 3.26. The third kappa shape index (κ3) is 6.47. The fourth-order valence-electron chi connectivity index (χ4n) is 3.68. The lowest BCUT2D eigenvalue weighted by atomic mass is 10.1. The van der Waals surface area contributed by atoms with E-state index in [2.05, 4.69) is 21.6 Å². The Morgan fingerprint density at radius 2 is 1.81 bits per heavy atom. The van der Waals surface area contributed by atoms with Crippen molar-refractivity contribution in [3.8, 4) is 5.69 Å². The van der Waals surface area contributed by atoms with E-state index in [0.717, 1.165) is 23.3 Å². The second-order valence-electron chi connectivity index (χ2n) is 8.32. The van der Waals surface area contributed by atoms with Crippen molar-refractivity contribution < 1.29 is 18.0 Å². The number of rotatable bonds is 7. The molecule has 192 valence electrons. The normalized spacial score (nSPS) is 12.4. The van der Waals surface area contributed by atoms with Gasteiger partial charge >= 0.3 is 6.18 Å². The standard InChI is InChI=1S/C26H21Cl2F3N4OS/c1-15-5-3-6-17(11-15)14-37-25-34-33-23(35(25)22-10-9-20(27)13-21(22)28)16(2)32-24(36)18-7-4-8-19(12-18)26(29,30)31/h3-13,16H,14H2,1-2H3,(H,32,36). The Morgan fingerprint density at radius 3 is 2.51 bits per heavy atom. The summed E-state index contributed by atoms with van der Waals surface area (Å²) in [5.74, 6) is 0.288. The van der Waals surface area contributed by atoms with E-state index in [1.54, 1.807) is 29.7 Å². The predicted octanol–water partition coefficient (Wildman–Crippen LogP) is 7.68. The number of aryl methyl sites for hydroxylation is 1. The van der Waals surface area contributed by atoms with Crippen molar-refractivity contribution in [2.75, 3.05) is 0 Å². The SMILES string of the molecule is Cc1cccc(CSc2nnc(C(C)NC(=O)c3cccc(C(F)(F)F)c3)n2-c2ccc(Cl)cc2Cl)c1. The molecule has 1 unspecified atom stereocenters. The Labute approximate surface area is 226 Å². The van der Waals surface area contributed by atoms with Gasteiger partial charge in [0.2, 0.25) is 0 Å². The highest BCUT2D eigenvalue weighted by Crippen LogP contribution is 2.33. The van der Waals surface area contributed by atoms with Gasteiger partial charge in [0, 0.05) is 16.3 Å². The van der Waals surface area contributed by atoms with Gasteiger partial charge in [0.25, 0.3) is 5.91 Å². The molecule has 11 heteroatoms. The molecule has 1 N–H and O–H groups in total. The molecule has 0 saturated carbocycles. The van der Waals surface area contributed by atoms with E-state index in [1.807, 2.05) is 25.1 Å². The van der Waals surface area contributed by atoms with Crippen molar-refractivity contribution in [1.82, 2.24) is 20.1 Å². The minimum absolute atomic E-state index is 0.119. The molecule has 37 heavy (non-hydrogen) atoms. The van der Waals surface area contributed by atoms with Crippen molar-refractivity contribution in [1.29, 1.82) is 0 Å². The number of aromatic nitrogens is 3. The van der Waals surface area contributed by atoms with Crippen LogP contribution in [0.2, 0.25) is 10.0 Å². The molecule has 5 nitrogen and oxygen atoms in total. The van der Waals surface area contributed by atoms with Crippen LogP contribution in [0.3, 0.4) is 0 Å². The minimum atomic E-state index is -4.56. The van der Waals surface area contributed by atoms with Crippen molar-refractivity contribution in [2.45, 2.75) is 37.0 Å². The number of nitrogens with zero attached hydrogens (tertiary/aromatic N) is 3. The predicted molar refractivity (Wildman–Crippen MR) is 139 cm³/mol. The summed E-state index contributed by atoms with van der Waals surface area (Å²) in [6.45, 7) is 3.68. The van der Waals surface area contributed by atoms with Gasteiger partial charge in [0.05, 0.1) is 22.3 Å². The van der Waals surface area contributed by atoms with Gasteiger partial charge in [-0.1, -0.05) is 70.9 Å². The number of halogens is 5. The van der Waals surface area contributed by atoms with Crippen LogP contribution < -0.4 is 5.32 Å². The summed E-state index contributed by atoms with van der Waals surface area (Å²) in [6, 6.07) is 16.6. The molecule has 0 fully saturated rings. The highest BCUT2D eigenvalue weighted by Gasteiger charge is 2.31. The molecule has 0 aliphatic carbocycles. The zero-order valence-electron chi connectivity index (χ0n) is 19.7. The average molecular weight is 565 g/mol. The highest BCUT2D eigenvalue weighted by atomic mass is 35.5. The molecule has 1 atom stereocenters. The Bertz CT molecular complexity index is 1440. The zero-order valence-corrected chi connectivity index (χ0v) is 22.0. The maximum Gasteiger partial charge on any atom is 0.416 e. The molecule has 4 rings (SSSR count). The number of carbonyl (C=O) groups excluding carboxylic acids is 1. The summed E-state index contributed by atoms with van der Waals surface area (Å²) in [4.78, 5) is 12.8. The second kappa shape index (κ2) is 11.2. The molecule has 0 radical (unpaired) electrons. The van der Waals surface area contributed by atoms with E-state index >= 15 is 0 Å². The Kier molecular flexibility index (Phi) is 8.16. The van der Waals surface area contributed by atoms with Gasteiger partial charge in [-0.25, -0.2) is 0 Å². The first-order valence-electron chi connectivity index (χ1n) is 11.1. The molecule has 0 bridgehead atoms. The quantitative estimate of drug-likeness (QED) is 0.234. The summed E-state index contributed by atoms with van der Waals surface area (Å²) in [6.07, 6.45) is -4.56. The van der Waals surface area contributed by atoms with Crippen molar-refractivity contribution in [2.24, 2.45) is 0 Å². The summed E-state index contributed by atoms with van der Waals surface area (Å²) >= 11 is 14.0. The maximum atomic E-state index is 13.1. The van der Waals surface area contributed by atoms with Crippen LogP contribution >= 0.6 is 35.0 Å². The number of carbonyl (C=O) groups is 1. The summed E-state index contributed by atoms with van der Waals surface area (Å²) in [7, 11) is 0. The first-order chi connectivity index (χ1) is 17.5. The lowest BCUT2D eigenvalue weighted by molar-refractivity contribution is -0.137. The molecule has 0 saturated heterocycles. The fraction of sp³-hybridized carbons (Fsp3) is 0.192. The van der Waals surface area contributed by atoms with Gasteiger partial charge in [-0.15, -0.1) is 10.2 Å². The van der Waals surface area contributed by atoms with Crippen LogP contribution in [-0.4, -0.2) is 20.7 Å². The number of nitrogens with one attached hydrogen (secondary N) is 1. The van der Waals surface area contributed by atoms with E-state index in [1.165, 1.54) is 23.9 Å².